The van der Waals surface area contributed by atoms with Crippen LogP contribution in [0.2, 0.25) is 0 Å². The molecule has 0 bridgehead atoms. The van der Waals surface area contributed by atoms with E-state index in [2.05, 4.69) is 117 Å². The largest absolute Gasteiger partial charge is 0.284 e. The third-order valence-electron chi connectivity index (χ3n) is 5.71. The van der Waals surface area contributed by atoms with Crippen molar-refractivity contribution in [2.45, 2.75) is 20.8 Å². The molecule has 3 rings (SSSR count). The first kappa shape index (κ1) is 19.9. The van der Waals surface area contributed by atoms with Gasteiger partial charge in [0, 0.05) is 11.1 Å². The van der Waals surface area contributed by atoms with Gasteiger partial charge in [0.05, 0.1) is 19.6 Å². The number of benzene rings is 3. The summed E-state index contributed by atoms with van der Waals surface area (Å²) in [6, 6.07) is 32.0. The normalized spacial score (nSPS) is 11.0. The molecule has 0 spiro atoms. The van der Waals surface area contributed by atoms with E-state index in [1.165, 1.54) is 22.4 Å². The molecule has 3 aromatic rings. The Balaban J connectivity index is 2.40. The summed E-state index contributed by atoms with van der Waals surface area (Å²) in [5.41, 5.74) is 9.96. The molecule has 0 aliphatic carbocycles. The Kier molecular flexibility index (Phi) is 6.66. The Morgan fingerprint density at radius 3 is 1.29 bits per heavy atom. The molecule has 0 aliphatic heterocycles. The van der Waals surface area contributed by atoms with Gasteiger partial charge < -0.3 is 0 Å². The monoisotopic (exact) mass is 368 g/mol. The van der Waals surface area contributed by atoms with E-state index in [0.29, 0.717) is 0 Å². The van der Waals surface area contributed by atoms with Gasteiger partial charge in [0.15, 0.2) is 5.70 Å². The van der Waals surface area contributed by atoms with Gasteiger partial charge in [0.1, 0.15) is 0 Å². The Morgan fingerprint density at radius 2 is 0.929 bits per heavy atom. The fourth-order valence-corrected chi connectivity index (χ4v) is 3.84. The lowest BCUT2D eigenvalue weighted by molar-refractivity contribution is -0.854. The number of nitrogens with zero attached hydrogens (tertiary/aromatic N) is 1. The molecule has 1 heteroatoms. The molecule has 0 fully saturated rings. The van der Waals surface area contributed by atoms with Crippen molar-refractivity contribution >= 4 is 11.3 Å². The quantitative estimate of drug-likeness (QED) is 0.324. The number of rotatable bonds is 7. The zero-order valence-electron chi connectivity index (χ0n) is 17.2. The van der Waals surface area contributed by atoms with Gasteiger partial charge in [-0.05, 0) is 49.8 Å². The van der Waals surface area contributed by atoms with Crippen LogP contribution in [-0.4, -0.2) is 24.1 Å². The van der Waals surface area contributed by atoms with Gasteiger partial charge in [-0.1, -0.05) is 78.9 Å². The van der Waals surface area contributed by atoms with E-state index in [0.717, 1.165) is 29.7 Å². The van der Waals surface area contributed by atoms with Crippen LogP contribution in [0.4, 0.5) is 0 Å². The second-order valence-electron chi connectivity index (χ2n) is 7.04. The third kappa shape index (κ3) is 4.17. The average molecular weight is 369 g/mol. The zero-order valence-corrected chi connectivity index (χ0v) is 17.2. The van der Waals surface area contributed by atoms with Crippen molar-refractivity contribution in [1.29, 1.82) is 0 Å². The second-order valence-corrected chi connectivity index (χ2v) is 7.04. The van der Waals surface area contributed by atoms with Gasteiger partial charge in [0.2, 0.25) is 0 Å². The fourth-order valence-electron chi connectivity index (χ4n) is 3.84. The maximum atomic E-state index is 3.90. The molecule has 0 heterocycles. The molecular formula is C27H30N+. The summed E-state index contributed by atoms with van der Waals surface area (Å²) < 4.78 is 0.910. The lowest BCUT2D eigenvalue weighted by atomic mass is 9.97. The third-order valence-corrected chi connectivity index (χ3v) is 5.71. The van der Waals surface area contributed by atoms with Crippen molar-refractivity contribution in [3.05, 3.63) is 113 Å². The predicted octanol–water partition coefficient (Wildman–Crippen LogP) is 6.63. The van der Waals surface area contributed by atoms with Gasteiger partial charge >= 0.3 is 0 Å². The minimum atomic E-state index is 0.910. The molecule has 1 nitrogen and oxygen atoms in total. The summed E-state index contributed by atoms with van der Waals surface area (Å²) in [4.78, 5) is 0. The van der Waals surface area contributed by atoms with Crippen molar-refractivity contribution < 1.29 is 4.48 Å². The first-order chi connectivity index (χ1) is 13.7. The number of hydrogen-bond acceptors (Lipinski definition) is 0. The van der Waals surface area contributed by atoms with Gasteiger partial charge in [-0.3, -0.25) is 4.48 Å². The highest BCUT2D eigenvalue weighted by atomic mass is 15.4. The lowest BCUT2D eigenvalue weighted by Crippen LogP contribution is -2.45. The van der Waals surface area contributed by atoms with E-state index < -0.39 is 0 Å². The topological polar surface area (TPSA) is 0 Å². The van der Waals surface area contributed by atoms with Crippen molar-refractivity contribution in [3.8, 4) is 0 Å². The molecular weight excluding hydrogens is 338 g/mol. The van der Waals surface area contributed by atoms with Gasteiger partial charge in [0.25, 0.3) is 0 Å². The summed E-state index contributed by atoms with van der Waals surface area (Å²) in [6.07, 6.45) is 0. The molecule has 0 saturated carbocycles. The number of hydrogen-bond donors (Lipinski definition) is 0. The molecule has 0 radical (unpaired) electrons. The van der Waals surface area contributed by atoms with Gasteiger partial charge in [-0.25, -0.2) is 0 Å². The highest BCUT2D eigenvalue weighted by Crippen LogP contribution is 2.30. The fraction of sp³-hybridized carbons (Fsp3) is 0.222. The van der Waals surface area contributed by atoms with Gasteiger partial charge in [-0.15, -0.1) is 0 Å². The van der Waals surface area contributed by atoms with Crippen molar-refractivity contribution in [2.75, 3.05) is 19.6 Å². The standard InChI is InChI=1S/C27H30N/c1-4-28(5-2,6-3)27(25-20-14-9-15-21-25)22-26(23-16-10-7-11-17-23)24-18-12-8-13-19-24/h7-21H,4-6H2,1-3H3/q+1. The van der Waals surface area contributed by atoms with Crippen LogP contribution in [0.15, 0.2) is 96.7 Å². The predicted molar refractivity (Wildman–Crippen MR) is 121 cm³/mol. The molecule has 28 heavy (non-hydrogen) atoms. The Bertz CT molecular complexity index is 880. The van der Waals surface area contributed by atoms with E-state index >= 15 is 0 Å². The summed E-state index contributed by atoms with van der Waals surface area (Å²) in [5, 5.41) is 0. The van der Waals surface area contributed by atoms with Crippen LogP contribution < -0.4 is 0 Å². The SMILES string of the molecule is CC[N+](CC)(CC)C(=C=C(c1ccccc1)c1ccccc1)c1ccccc1. The van der Waals surface area contributed by atoms with E-state index in [1.54, 1.807) is 0 Å². The Morgan fingerprint density at radius 1 is 0.571 bits per heavy atom. The minimum absolute atomic E-state index is 0.910. The maximum Gasteiger partial charge on any atom is 0.184 e. The highest BCUT2D eigenvalue weighted by Gasteiger charge is 2.29. The van der Waals surface area contributed by atoms with E-state index in [-0.39, 0.29) is 0 Å². The zero-order chi connectivity index (χ0) is 19.8. The summed E-state index contributed by atoms with van der Waals surface area (Å²) in [5.74, 6) is 0. The van der Waals surface area contributed by atoms with E-state index in [9.17, 15) is 0 Å². The van der Waals surface area contributed by atoms with Crippen LogP contribution in [-0.2, 0) is 0 Å². The van der Waals surface area contributed by atoms with Crippen LogP contribution in [0.1, 0.15) is 37.5 Å². The highest BCUT2D eigenvalue weighted by molar-refractivity contribution is 5.82. The summed E-state index contributed by atoms with van der Waals surface area (Å²) >= 11 is 0. The molecule has 0 aromatic heterocycles. The van der Waals surface area contributed by atoms with Crippen LogP contribution in [0.5, 0.6) is 0 Å². The molecule has 0 saturated heterocycles. The molecule has 0 aliphatic rings. The molecule has 0 amide bonds. The molecule has 0 N–H and O–H groups in total. The smallest absolute Gasteiger partial charge is 0.184 e. The van der Waals surface area contributed by atoms with Crippen LogP contribution >= 0.6 is 0 Å². The van der Waals surface area contributed by atoms with Crippen LogP contribution in [0, 0.1) is 0 Å². The molecule has 0 atom stereocenters. The molecule has 0 unspecified atom stereocenters. The van der Waals surface area contributed by atoms with E-state index in [4.69, 9.17) is 0 Å². The Hall–Kier alpha value is -2.86. The first-order valence-electron chi connectivity index (χ1n) is 10.3. The van der Waals surface area contributed by atoms with Crippen molar-refractivity contribution in [2.24, 2.45) is 0 Å². The van der Waals surface area contributed by atoms with Crippen LogP contribution in [0.25, 0.3) is 11.3 Å². The lowest BCUT2D eigenvalue weighted by Gasteiger charge is -2.36. The van der Waals surface area contributed by atoms with Gasteiger partial charge in [-0.2, -0.15) is 0 Å². The van der Waals surface area contributed by atoms with E-state index in [1.807, 2.05) is 0 Å². The average Bonchev–Trinajstić information content (AvgIpc) is 2.79. The van der Waals surface area contributed by atoms with Crippen molar-refractivity contribution in [3.63, 3.8) is 0 Å². The van der Waals surface area contributed by atoms with Crippen LogP contribution in [0.3, 0.4) is 0 Å². The summed E-state index contributed by atoms with van der Waals surface area (Å²) in [6.45, 7) is 9.97. The maximum absolute atomic E-state index is 3.90. The Labute approximate surface area is 169 Å². The molecule has 142 valence electrons. The summed E-state index contributed by atoms with van der Waals surface area (Å²) in [7, 11) is 0. The minimum Gasteiger partial charge on any atom is -0.284 e. The van der Waals surface area contributed by atoms with Crippen molar-refractivity contribution in [1.82, 2.24) is 0 Å². The molecule has 3 aromatic carbocycles. The second kappa shape index (κ2) is 9.37. The first-order valence-corrected chi connectivity index (χ1v) is 10.3. The number of quaternary nitrogens is 1.